The Morgan fingerprint density at radius 3 is 2.73 bits per heavy atom. The number of ether oxygens (including phenoxy) is 1. The SMILES string of the molecule is C/C=C\c1c(C)cc2[nH]ncc2c1-c1ncc2c(N3CCCC4(CC(F)C4)C3)nc(OC[C@@]34CCCN3C[C@H](F)C4)nc2c1F. The van der Waals surface area contributed by atoms with E-state index in [9.17, 15) is 8.78 Å². The summed E-state index contributed by atoms with van der Waals surface area (Å²) in [7, 11) is 0. The minimum atomic E-state index is -0.889. The molecule has 11 heteroatoms. The van der Waals surface area contributed by atoms with E-state index >= 15 is 4.39 Å². The first-order chi connectivity index (χ1) is 21.8. The van der Waals surface area contributed by atoms with Gasteiger partial charge in [-0.1, -0.05) is 12.2 Å². The summed E-state index contributed by atoms with van der Waals surface area (Å²) in [5, 5.41) is 8.49. The third-order valence-corrected chi connectivity index (χ3v) is 10.7. The van der Waals surface area contributed by atoms with Crippen LogP contribution >= 0.6 is 0 Å². The molecule has 3 aromatic heterocycles. The largest absolute Gasteiger partial charge is 0.461 e. The van der Waals surface area contributed by atoms with Crippen LogP contribution in [0, 0.1) is 18.2 Å². The van der Waals surface area contributed by atoms with Gasteiger partial charge in [-0.2, -0.15) is 15.1 Å². The lowest BCUT2D eigenvalue weighted by atomic mass is 9.63. The van der Waals surface area contributed by atoms with Crippen molar-refractivity contribution >= 4 is 33.7 Å². The van der Waals surface area contributed by atoms with E-state index in [0.29, 0.717) is 55.7 Å². The molecule has 4 aliphatic rings. The number of rotatable bonds is 6. The van der Waals surface area contributed by atoms with Gasteiger partial charge in [-0.25, -0.2) is 13.2 Å². The molecule has 1 N–H and O–H groups in total. The summed E-state index contributed by atoms with van der Waals surface area (Å²) < 4.78 is 51.8. The molecule has 1 aliphatic carbocycles. The van der Waals surface area contributed by atoms with Crippen molar-refractivity contribution in [2.24, 2.45) is 5.41 Å². The molecule has 1 aromatic carbocycles. The molecule has 3 saturated heterocycles. The van der Waals surface area contributed by atoms with Crippen molar-refractivity contribution in [2.75, 3.05) is 37.7 Å². The minimum Gasteiger partial charge on any atom is -0.461 e. The number of fused-ring (bicyclic) bond motifs is 3. The molecule has 8 nitrogen and oxygen atoms in total. The normalized spacial score (nSPS) is 28.5. The fraction of sp³-hybridized carbons (Fsp3) is 0.529. The third-order valence-electron chi connectivity index (χ3n) is 10.7. The van der Waals surface area contributed by atoms with Gasteiger partial charge in [0.05, 0.1) is 22.6 Å². The first kappa shape index (κ1) is 28.7. The maximum atomic E-state index is 17.0. The standard InChI is InChI=1S/C34H38F3N7O/c1-3-6-23-20(2)11-26-24(16-39-42-26)27(23)30-28(37)29-25(15-38-30)31(43-9-4-7-33(18-43)12-21(35)13-33)41-32(40-29)45-19-34-8-5-10-44(34)17-22(36)14-34/h3,6,11,15-16,21-22H,4-5,7-10,12-14,17-19H2,1-2H3,(H,39,42)/b6-3-/t21?,22-,33?,34+/m1/s1. The number of piperidine rings is 1. The number of nitrogens with one attached hydrogen (secondary N) is 1. The Balaban J connectivity index is 1.26. The number of halogens is 3. The molecule has 0 bridgehead atoms. The predicted molar refractivity (Wildman–Crippen MR) is 168 cm³/mol. The molecule has 236 valence electrons. The molecule has 0 unspecified atom stereocenters. The second-order valence-corrected chi connectivity index (χ2v) is 13.7. The second-order valence-electron chi connectivity index (χ2n) is 13.7. The summed E-state index contributed by atoms with van der Waals surface area (Å²) in [5.74, 6) is -0.0133. The van der Waals surface area contributed by atoms with Crippen LogP contribution in [0.15, 0.2) is 24.5 Å². The number of aryl methyl sites for hydroxylation is 1. The quantitative estimate of drug-likeness (QED) is 0.257. The molecule has 4 fully saturated rings. The smallest absolute Gasteiger partial charge is 0.319 e. The topological polar surface area (TPSA) is 83.1 Å². The predicted octanol–water partition coefficient (Wildman–Crippen LogP) is 6.72. The number of aromatic amines is 1. The van der Waals surface area contributed by atoms with Crippen LogP contribution in [-0.2, 0) is 0 Å². The van der Waals surface area contributed by atoms with E-state index in [1.807, 2.05) is 32.1 Å². The summed E-state index contributed by atoms with van der Waals surface area (Å²) in [6, 6.07) is 2.07. The van der Waals surface area contributed by atoms with E-state index in [1.54, 1.807) is 12.4 Å². The van der Waals surface area contributed by atoms with Gasteiger partial charge < -0.3 is 9.64 Å². The van der Waals surface area contributed by atoms with Crippen molar-refractivity contribution in [2.45, 2.75) is 76.7 Å². The lowest BCUT2D eigenvalue weighted by Gasteiger charge is -2.50. The average molecular weight is 618 g/mol. The van der Waals surface area contributed by atoms with Crippen molar-refractivity contribution in [3.05, 3.63) is 41.5 Å². The van der Waals surface area contributed by atoms with E-state index < -0.39 is 23.7 Å². The molecule has 0 amide bonds. The Bertz CT molecular complexity index is 1810. The molecular weight excluding hydrogens is 579 g/mol. The molecule has 1 spiro atoms. The molecular formula is C34H38F3N7O. The van der Waals surface area contributed by atoms with E-state index in [-0.39, 0.29) is 29.2 Å². The summed E-state index contributed by atoms with van der Waals surface area (Å²) in [6.07, 6.45) is 10.8. The monoisotopic (exact) mass is 617 g/mol. The first-order valence-corrected chi connectivity index (χ1v) is 16.2. The van der Waals surface area contributed by atoms with Crippen LogP contribution in [0.2, 0.25) is 0 Å². The molecule has 0 radical (unpaired) electrons. The Kier molecular flexibility index (Phi) is 6.81. The van der Waals surface area contributed by atoms with Crippen molar-refractivity contribution in [3.63, 3.8) is 0 Å². The van der Waals surface area contributed by atoms with Gasteiger partial charge in [0.2, 0.25) is 0 Å². The van der Waals surface area contributed by atoms with Crippen molar-refractivity contribution in [3.8, 4) is 17.3 Å². The molecule has 3 aliphatic heterocycles. The number of aromatic nitrogens is 5. The lowest BCUT2D eigenvalue weighted by molar-refractivity contribution is 0.0132. The van der Waals surface area contributed by atoms with E-state index in [4.69, 9.17) is 14.7 Å². The number of alkyl halides is 2. The van der Waals surface area contributed by atoms with Crippen molar-refractivity contribution in [1.82, 2.24) is 30.0 Å². The summed E-state index contributed by atoms with van der Waals surface area (Å²) >= 11 is 0. The highest BCUT2D eigenvalue weighted by Crippen LogP contribution is 2.50. The summed E-state index contributed by atoms with van der Waals surface area (Å²) in [6.45, 7) is 6.76. The van der Waals surface area contributed by atoms with Gasteiger partial charge in [0, 0.05) is 43.2 Å². The van der Waals surface area contributed by atoms with Gasteiger partial charge >= 0.3 is 6.01 Å². The zero-order valence-electron chi connectivity index (χ0n) is 25.8. The number of allylic oxidation sites excluding steroid dienone is 1. The van der Waals surface area contributed by atoms with Crippen LogP contribution in [0.1, 0.15) is 63.0 Å². The number of pyridine rings is 1. The second kappa shape index (κ2) is 10.7. The van der Waals surface area contributed by atoms with Gasteiger partial charge in [-0.05, 0) is 81.5 Å². The molecule has 6 heterocycles. The number of anilines is 1. The Morgan fingerprint density at radius 2 is 1.91 bits per heavy atom. The van der Waals surface area contributed by atoms with Crippen LogP contribution in [0.25, 0.3) is 39.1 Å². The fourth-order valence-electron chi connectivity index (χ4n) is 8.63. The zero-order chi connectivity index (χ0) is 30.9. The Hall–Kier alpha value is -3.73. The van der Waals surface area contributed by atoms with Crippen molar-refractivity contribution in [1.29, 1.82) is 0 Å². The molecule has 2 atom stereocenters. The number of benzene rings is 1. The number of hydrogen-bond acceptors (Lipinski definition) is 7. The van der Waals surface area contributed by atoms with Crippen LogP contribution in [0.4, 0.5) is 19.0 Å². The first-order valence-electron chi connectivity index (χ1n) is 16.2. The molecule has 1 saturated carbocycles. The van der Waals surface area contributed by atoms with Gasteiger partial charge in [-0.15, -0.1) is 0 Å². The van der Waals surface area contributed by atoms with E-state index in [2.05, 4.69) is 25.0 Å². The highest BCUT2D eigenvalue weighted by Gasteiger charge is 2.50. The van der Waals surface area contributed by atoms with Gasteiger partial charge in [0.1, 0.15) is 36.0 Å². The molecule has 45 heavy (non-hydrogen) atoms. The average Bonchev–Trinajstić information content (AvgIpc) is 3.70. The van der Waals surface area contributed by atoms with Crippen LogP contribution in [-0.4, -0.2) is 80.7 Å². The minimum absolute atomic E-state index is 0.0695. The van der Waals surface area contributed by atoms with E-state index in [0.717, 1.165) is 54.3 Å². The van der Waals surface area contributed by atoms with Crippen LogP contribution < -0.4 is 9.64 Å². The zero-order valence-corrected chi connectivity index (χ0v) is 25.8. The number of nitrogens with zero attached hydrogens (tertiary/aromatic N) is 6. The molecule has 4 aromatic rings. The summed E-state index contributed by atoms with van der Waals surface area (Å²) in [5.41, 5.74) is 3.05. The maximum absolute atomic E-state index is 17.0. The van der Waals surface area contributed by atoms with Gasteiger partial charge in [0.25, 0.3) is 0 Å². The lowest BCUT2D eigenvalue weighted by Crippen LogP contribution is -2.51. The van der Waals surface area contributed by atoms with Gasteiger partial charge in [-0.3, -0.25) is 15.0 Å². The third kappa shape index (κ3) is 4.68. The highest BCUT2D eigenvalue weighted by atomic mass is 19.1. The van der Waals surface area contributed by atoms with Gasteiger partial charge in [0.15, 0.2) is 5.82 Å². The number of H-pyrrole nitrogens is 1. The highest BCUT2D eigenvalue weighted by molar-refractivity contribution is 6.01. The van der Waals surface area contributed by atoms with E-state index in [1.165, 1.54) is 0 Å². The van der Waals surface area contributed by atoms with Crippen LogP contribution in [0.3, 0.4) is 0 Å². The Morgan fingerprint density at radius 1 is 1.07 bits per heavy atom. The molecule has 8 rings (SSSR count). The fourth-order valence-corrected chi connectivity index (χ4v) is 8.63. The van der Waals surface area contributed by atoms with Crippen LogP contribution in [0.5, 0.6) is 6.01 Å². The summed E-state index contributed by atoms with van der Waals surface area (Å²) in [4.78, 5) is 18.5. The van der Waals surface area contributed by atoms with Crippen molar-refractivity contribution < 1.29 is 17.9 Å². The number of hydrogen-bond donors (Lipinski definition) is 1. The Labute approximate surface area is 260 Å². The maximum Gasteiger partial charge on any atom is 0.319 e.